The molecule has 0 radical (unpaired) electrons. The Bertz CT molecular complexity index is 758. The molecule has 7 nitrogen and oxygen atoms in total. The number of halogens is 1. The zero-order chi connectivity index (χ0) is 19.8. The number of hydrogen-bond acceptors (Lipinski definition) is 5. The predicted molar refractivity (Wildman–Crippen MR) is 125 cm³/mol. The van der Waals surface area contributed by atoms with E-state index in [0.29, 0.717) is 25.6 Å². The molecule has 2 N–H and O–H groups in total. The number of aromatic nitrogens is 1. The molecule has 2 aromatic rings. The highest BCUT2D eigenvalue weighted by atomic mass is 127. The molecule has 1 fully saturated rings. The van der Waals surface area contributed by atoms with Crippen LogP contribution < -0.4 is 10.6 Å². The molecule has 0 bridgehead atoms. The van der Waals surface area contributed by atoms with Crippen molar-refractivity contribution in [2.75, 3.05) is 26.4 Å². The molecule has 29 heavy (non-hydrogen) atoms. The number of rotatable bonds is 8. The summed E-state index contributed by atoms with van der Waals surface area (Å²) in [6, 6.07) is 8.25. The molecule has 1 aromatic carbocycles. The fraction of sp³-hybridized carbons (Fsp3) is 0.524. The molecule has 0 saturated carbocycles. The van der Waals surface area contributed by atoms with Crippen LogP contribution in [0.3, 0.4) is 0 Å². The molecule has 2 atom stereocenters. The number of aliphatic imine (C=N–C) groups is 1. The van der Waals surface area contributed by atoms with Crippen LogP contribution in [0.15, 0.2) is 39.9 Å². The highest BCUT2D eigenvalue weighted by Crippen LogP contribution is 2.19. The quantitative estimate of drug-likeness (QED) is 0.319. The maximum absolute atomic E-state index is 5.87. The molecule has 0 spiro atoms. The lowest BCUT2D eigenvalue weighted by atomic mass is 10.1. The summed E-state index contributed by atoms with van der Waals surface area (Å²) in [7, 11) is 0. The standard InChI is InChI=1S/C21H30N4O3.HI/c1-4-22-21(24-16(3)12-27-19-9-10-26-14-19)23-11-18-13-28-20(25-18)17-7-5-15(2)6-8-17;/h5-8,13,16,19H,4,9-12,14H2,1-3H3,(H2,22,23,24);1H. The number of guanidine groups is 1. The van der Waals surface area contributed by atoms with E-state index in [-0.39, 0.29) is 36.1 Å². The molecule has 160 valence electrons. The third-order valence-corrected chi connectivity index (χ3v) is 4.45. The van der Waals surface area contributed by atoms with Crippen molar-refractivity contribution < 1.29 is 13.9 Å². The van der Waals surface area contributed by atoms with E-state index in [1.165, 1.54) is 5.56 Å². The number of oxazole rings is 1. The molecular weight excluding hydrogens is 483 g/mol. The first-order chi connectivity index (χ1) is 13.6. The smallest absolute Gasteiger partial charge is 0.226 e. The van der Waals surface area contributed by atoms with E-state index in [4.69, 9.17) is 13.9 Å². The van der Waals surface area contributed by atoms with Gasteiger partial charge in [0.15, 0.2) is 5.96 Å². The zero-order valence-electron chi connectivity index (χ0n) is 17.3. The Morgan fingerprint density at radius 3 is 2.83 bits per heavy atom. The Labute approximate surface area is 189 Å². The van der Waals surface area contributed by atoms with Gasteiger partial charge in [-0.25, -0.2) is 9.98 Å². The van der Waals surface area contributed by atoms with Gasteiger partial charge in [-0.1, -0.05) is 17.7 Å². The van der Waals surface area contributed by atoms with E-state index < -0.39 is 0 Å². The predicted octanol–water partition coefficient (Wildman–Crippen LogP) is 3.52. The number of nitrogens with one attached hydrogen (secondary N) is 2. The normalized spacial score (nSPS) is 17.6. The second-order valence-electron chi connectivity index (χ2n) is 7.07. The number of aryl methyl sites for hydroxylation is 1. The largest absolute Gasteiger partial charge is 0.444 e. The fourth-order valence-corrected chi connectivity index (χ4v) is 2.89. The van der Waals surface area contributed by atoms with Crippen molar-refractivity contribution in [2.45, 2.75) is 45.9 Å². The first kappa shape index (κ1) is 23.6. The molecule has 1 aliphatic rings. The molecule has 1 aliphatic heterocycles. The maximum atomic E-state index is 5.87. The molecule has 2 unspecified atom stereocenters. The highest BCUT2D eigenvalue weighted by molar-refractivity contribution is 14.0. The van der Waals surface area contributed by atoms with Crippen molar-refractivity contribution >= 4 is 29.9 Å². The second kappa shape index (κ2) is 12.1. The third kappa shape index (κ3) is 7.60. The maximum Gasteiger partial charge on any atom is 0.226 e. The van der Waals surface area contributed by atoms with Gasteiger partial charge in [0.2, 0.25) is 5.89 Å². The van der Waals surface area contributed by atoms with Crippen LogP contribution in [-0.4, -0.2) is 49.5 Å². The second-order valence-corrected chi connectivity index (χ2v) is 7.07. The number of benzene rings is 1. The minimum atomic E-state index is 0. The summed E-state index contributed by atoms with van der Waals surface area (Å²) in [5.41, 5.74) is 2.97. The van der Waals surface area contributed by atoms with Crippen LogP contribution in [-0.2, 0) is 16.0 Å². The summed E-state index contributed by atoms with van der Waals surface area (Å²) >= 11 is 0. The van der Waals surface area contributed by atoms with E-state index in [9.17, 15) is 0 Å². The Morgan fingerprint density at radius 2 is 2.14 bits per heavy atom. The summed E-state index contributed by atoms with van der Waals surface area (Å²) in [5, 5.41) is 6.63. The molecule has 2 heterocycles. The monoisotopic (exact) mass is 514 g/mol. The van der Waals surface area contributed by atoms with Crippen molar-refractivity contribution in [3.05, 3.63) is 41.8 Å². The Balaban J connectivity index is 0.00000300. The Hall–Kier alpha value is -1.65. The van der Waals surface area contributed by atoms with Crippen molar-refractivity contribution in [3.8, 4) is 11.5 Å². The Morgan fingerprint density at radius 1 is 1.34 bits per heavy atom. The van der Waals surface area contributed by atoms with E-state index in [1.807, 2.05) is 31.2 Å². The number of ether oxygens (including phenoxy) is 2. The molecule has 3 rings (SSSR count). The third-order valence-electron chi connectivity index (χ3n) is 4.45. The number of nitrogens with zero attached hydrogens (tertiary/aromatic N) is 2. The lowest BCUT2D eigenvalue weighted by Crippen LogP contribution is -2.44. The molecule has 0 aliphatic carbocycles. The van der Waals surface area contributed by atoms with Crippen molar-refractivity contribution in [1.82, 2.24) is 15.6 Å². The topological polar surface area (TPSA) is 80.9 Å². The minimum absolute atomic E-state index is 0. The van der Waals surface area contributed by atoms with Gasteiger partial charge in [-0.05, 0) is 39.3 Å². The van der Waals surface area contributed by atoms with Crippen molar-refractivity contribution in [1.29, 1.82) is 0 Å². The lowest BCUT2D eigenvalue weighted by Gasteiger charge is -2.19. The molecular formula is C21H31IN4O3. The molecule has 0 amide bonds. The van der Waals surface area contributed by atoms with E-state index in [1.54, 1.807) is 6.26 Å². The lowest BCUT2D eigenvalue weighted by molar-refractivity contribution is 0.0347. The summed E-state index contributed by atoms with van der Waals surface area (Å²) in [4.78, 5) is 9.16. The van der Waals surface area contributed by atoms with Gasteiger partial charge in [0.1, 0.15) is 12.0 Å². The summed E-state index contributed by atoms with van der Waals surface area (Å²) < 4.78 is 16.8. The molecule has 1 saturated heterocycles. The highest BCUT2D eigenvalue weighted by Gasteiger charge is 2.17. The van der Waals surface area contributed by atoms with Gasteiger partial charge in [0.05, 0.1) is 25.9 Å². The van der Waals surface area contributed by atoms with E-state index >= 15 is 0 Å². The zero-order valence-corrected chi connectivity index (χ0v) is 19.6. The van der Waals surface area contributed by atoms with Crippen LogP contribution in [0.5, 0.6) is 0 Å². The van der Waals surface area contributed by atoms with Crippen LogP contribution >= 0.6 is 24.0 Å². The first-order valence-electron chi connectivity index (χ1n) is 9.89. The van der Waals surface area contributed by atoms with Crippen molar-refractivity contribution in [2.24, 2.45) is 4.99 Å². The van der Waals surface area contributed by atoms with Gasteiger partial charge < -0.3 is 24.5 Å². The Kier molecular flexibility index (Phi) is 9.89. The van der Waals surface area contributed by atoms with Gasteiger partial charge in [-0.3, -0.25) is 0 Å². The van der Waals surface area contributed by atoms with Gasteiger partial charge >= 0.3 is 0 Å². The fourth-order valence-electron chi connectivity index (χ4n) is 2.89. The summed E-state index contributed by atoms with van der Waals surface area (Å²) in [5.74, 6) is 1.35. The van der Waals surface area contributed by atoms with Crippen LogP contribution in [0.1, 0.15) is 31.5 Å². The van der Waals surface area contributed by atoms with Crippen LogP contribution in [0.4, 0.5) is 0 Å². The van der Waals surface area contributed by atoms with Gasteiger partial charge in [-0.2, -0.15) is 0 Å². The molecule has 1 aromatic heterocycles. The van der Waals surface area contributed by atoms with Crippen molar-refractivity contribution in [3.63, 3.8) is 0 Å². The van der Waals surface area contributed by atoms with Crippen LogP contribution in [0.25, 0.3) is 11.5 Å². The summed E-state index contributed by atoms with van der Waals surface area (Å²) in [6.45, 7) is 9.49. The molecule has 8 heteroatoms. The van der Waals surface area contributed by atoms with Gasteiger partial charge in [0, 0.05) is 24.8 Å². The van der Waals surface area contributed by atoms with Crippen LogP contribution in [0, 0.1) is 6.92 Å². The summed E-state index contributed by atoms with van der Waals surface area (Å²) in [6.07, 6.45) is 2.84. The first-order valence-corrected chi connectivity index (χ1v) is 9.89. The average molecular weight is 514 g/mol. The van der Waals surface area contributed by atoms with E-state index in [2.05, 4.69) is 34.5 Å². The van der Waals surface area contributed by atoms with Crippen LogP contribution in [0.2, 0.25) is 0 Å². The number of hydrogen-bond donors (Lipinski definition) is 2. The van der Waals surface area contributed by atoms with Gasteiger partial charge in [-0.15, -0.1) is 24.0 Å². The van der Waals surface area contributed by atoms with Gasteiger partial charge in [0.25, 0.3) is 0 Å². The minimum Gasteiger partial charge on any atom is -0.444 e. The SMILES string of the molecule is CCNC(=NCc1coc(-c2ccc(C)cc2)n1)NC(C)COC1CCOC1.I. The average Bonchev–Trinajstić information content (AvgIpc) is 3.37. The van der Waals surface area contributed by atoms with E-state index in [0.717, 1.165) is 36.8 Å².